The van der Waals surface area contributed by atoms with Crippen molar-refractivity contribution in [1.29, 1.82) is 0 Å². The Bertz CT molecular complexity index is 1130. The average Bonchev–Trinajstić information content (AvgIpc) is 2.86. The van der Waals surface area contributed by atoms with Gasteiger partial charge in [0.25, 0.3) is 10.0 Å². The van der Waals surface area contributed by atoms with Crippen LogP contribution in [0.1, 0.15) is 63.1 Å². The van der Waals surface area contributed by atoms with Gasteiger partial charge in [0.05, 0.1) is 23.2 Å². The van der Waals surface area contributed by atoms with E-state index in [0.717, 1.165) is 31.2 Å². The summed E-state index contributed by atoms with van der Waals surface area (Å²) in [6.07, 6.45) is 3.96. The summed E-state index contributed by atoms with van der Waals surface area (Å²) >= 11 is 0. The highest BCUT2D eigenvalue weighted by Gasteiger charge is 2.35. The fourth-order valence-electron chi connectivity index (χ4n) is 4.12. The molecule has 8 nitrogen and oxygen atoms in total. The van der Waals surface area contributed by atoms with E-state index >= 15 is 0 Å². The van der Waals surface area contributed by atoms with Crippen LogP contribution in [0.3, 0.4) is 0 Å². The Balaban J connectivity index is 1.79. The second kappa shape index (κ2) is 11.5. The molecule has 2 aromatic rings. The van der Waals surface area contributed by atoms with Crippen molar-refractivity contribution in [2.24, 2.45) is 0 Å². The highest BCUT2D eigenvalue weighted by molar-refractivity contribution is 7.92. The minimum atomic E-state index is -3.86. The van der Waals surface area contributed by atoms with Crippen LogP contribution in [0.4, 0.5) is 5.69 Å². The SMILES string of the molecule is CCOC(=O)CCCCCCNC1c2ccccc2N(C)S(=O)(=O)c2cc(OC(C)=O)ccc21. The fourth-order valence-corrected chi connectivity index (χ4v) is 5.59. The van der Waals surface area contributed by atoms with E-state index in [0.29, 0.717) is 30.8 Å². The van der Waals surface area contributed by atoms with Crippen LogP contribution in [-0.4, -0.2) is 40.6 Å². The summed E-state index contributed by atoms with van der Waals surface area (Å²) < 4.78 is 38.3. The molecule has 0 bridgehead atoms. The molecule has 0 radical (unpaired) electrons. The highest BCUT2D eigenvalue weighted by atomic mass is 32.2. The van der Waals surface area contributed by atoms with E-state index in [4.69, 9.17) is 9.47 Å². The summed E-state index contributed by atoms with van der Waals surface area (Å²) in [6.45, 7) is 4.15. The van der Waals surface area contributed by atoms with Gasteiger partial charge in [-0.3, -0.25) is 13.9 Å². The molecule has 9 heteroatoms. The standard InChI is InChI=1S/C25H32N2O6S/c1-4-32-24(29)13-7-5-6-10-16-26-25-20-11-8-9-12-22(20)27(3)34(30,31)23-17-19(33-18(2)28)14-15-21(23)25/h8-9,11-12,14-15,17,25-26H,4-7,10,13,16H2,1-3H3. The van der Waals surface area contributed by atoms with Crippen LogP contribution in [0.5, 0.6) is 5.75 Å². The van der Waals surface area contributed by atoms with Crippen molar-refractivity contribution in [1.82, 2.24) is 5.32 Å². The molecule has 1 atom stereocenters. The van der Waals surface area contributed by atoms with Gasteiger partial charge in [0.1, 0.15) is 5.75 Å². The maximum absolute atomic E-state index is 13.4. The van der Waals surface area contributed by atoms with Gasteiger partial charge in [-0.15, -0.1) is 0 Å². The molecular formula is C25H32N2O6S. The van der Waals surface area contributed by atoms with Gasteiger partial charge in [-0.1, -0.05) is 37.1 Å². The molecule has 0 fully saturated rings. The molecule has 2 aromatic carbocycles. The van der Waals surface area contributed by atoms with E-state index < -0.39 is 16.0 Å². The third-order valence-corrected chi connectivity index (χ3v) is 7.57. The fraction of sp³-hybridized carbons (Fsp3) is 0.440. The lowest BCUT2D eigenvalue weighted by Crippen LogP contribution is -2.26. The average molecular weight is 489 g/mol. The predicted octanol–water partition coefficient (Wildman–Crippen LogP) is 3.94. The maximum Gasteiger partial charge on any atom is 0.308 e. The van der Waals surface area contributed by atoms with Crippen molar-refractivity contribution in [2.75, 3.05) is 24.5 Å². The van der Waals surface area contributed by atoms with Gasteiger partial charge in [0.2, 0.25) is 0 Å². The summed E-state index contributed by atoms with van der Waals surface area (Å²) in [5.41, 5.74) is 2.06. The lowest BCUT2D eigenvalue weighted by atomic mass is 9.96. The number of anilines is 1. The van der Waals surface area contributed by atoms with E-state index in [1.54, 1.807) is 25.1 Å². The number of para-hydroxylation sites is 1. The molecule has 184 valence electrons. The highest BCUT2D eigenvalue weighted by Crippen LogP contribution is 2.41. The Kier molecular flexibility index (Phi) is 8.68. The van der Waals surface area contributed by atoms with Crippen molar-refractivity contribution >= 4 is 27.6 Å². The monoisotopic (exact) mass is 488 g/mol. The first-order valence-corrected chi connectivity index (χ1v) is 13.0. The van der Waals surface area contributed by atoms with Crippen LogP contribution in [0.2, 0.25) is 0 Å². The Morgan fingerprint density at radius 2 is 1.76 bits per heavy atom. The third-order valence-electron chi connectivity index (χ3n) is 5.74. The first-order valence-electron chi connectivity index (χ1n) is 11.5. The van der Waals surface area contributed by atoms with Gasteiger partial charge in [-0.25, -0.2) is 8.42 Å². The predicted molar refractivity (Wildman–Crippen MR) is 129 cm³/mol. The van der Waals surface area contributed by atoms with Crippen molar-refractivity contribution in [3.63, 3.8) is 0 Å². The van der Waals surface area contributed by atoms with Crippen molar-refractivity contribution < 1.29 is 27.5 Å². The molecular weight excluding hydrogens is 456 g/mol. The topological polar surface area (TPSA) is 102 Å². The van der Waals surface area contributed by atoms with E-state index in [1.165, 1.54) is 24.3 Å². The molecule has 1 heterocycles. The number of rotatable bonds is 10. The number of hydrogen-bond donors (Lipinski definition) is 1. The van der Waals surface area contributed by atoms with Crippen LogP contribution >= 0.6 is 0 Å². The van der Waals surface area contributed by atoms with Gasteiger partial charge in [0.15, 0.2) is 0 Å². The Morgan fingerprint density at radius 1 is 1.03 bits per heavy atom. The number of benzene rings is 2. The van der Waals surface area contributed by atoms with E-state index in [-0.39, 0.29) is 22.7 Å². The minimum Gasteiger partial charge on any atom is -0.466 e. The summed E-state index contributed by atoms with van der Waals surface area (Å²) in [5, 5.41) is 3.52. The Morgan fingerprint density at radius 3 is 2.50 bits per heavy atom. The molecule has 1 N–H and O–H groups in total. The van der Waals surface area contributed by atoms with Crippen LogP contribution in [0.15, 0.2) is 47.4 Å². The molecule has 0 spiro atoms. The number of sulfonamides is 1. The van der Waals surface area contributed by atoms with Crippen LogP contribution in [0.25, 0.3) is 0 Å². The van der Waals surface area contributed by atoms with E-state index in [2.05, 4.69) is 5.32 Å². The number of hydrogen-bond acceptors (Lipinski definition) is 7. The number of fused-ring (bicyclic) bond motifs is 2. The van der Waals surface area contributed by atoms with Crippen LogP contribution in [-0.2, 0) is 24.3 Å². The van der Waals surface area contributed by atoms with Crippen LogP contribution in [0, 0.1) is 0 Å². The molecule has 0 aromatic heterocycles. The van der Waals surface area contributed by atoms with Crippen molar-refractivity contribution in [3.05, 3.63) is 53.6 Å². The molecule has 3 rings (SSSR count). The Hall–Kier alpha value is -2.91. The zero-order valence-electron chi connectivity index (χ0n) is 19.9. The lowest BCUT2D eigenvalue weighted by Gasteiger charge is -2.22. The second-order valence-electron chi connectivity index (χ2n) is 8.18. The molecule has 0 saturated carbocycles. The molecule has 0 aliphatic carbocycles. The third kappa shape index (κ3) is 5.95. The number of carbonyl (C=O) groups excluding carboxylic acids is 2. The van der Waals surface area contributed by atoms with Gasteiger partial charge in [-0.2, -0.15) is 0 Å². The molecule has 34 heavy (non-hydrogen) atoms. The number of nitrogens with zero attached hydrogens (tertiary/aromatic N) is 1. The van der Waals surface area contributed by atoms with Crippen molar-refractivity contribution in [2.45, 2.75) is 56.9 Å². The van der Waals surface area contributed by atoms with Gasteiger partial charge >= 0.3 is 11.9 Å². The number of ether oxygens (including phenoxy) is 2. The number of esters is 2. The number of nitrogens with one attached hydrogen (secondary N) is 1. The first-order chi connectivity index (χ1) is 16.3. The summed E-state index contributed by atoms with van der Waals surface area (Å²) in [5.74, 6) is -0.486. The molecule has 1 unspecified atom stereocenters. The summed E-state index contributed by atoms with van der Waals surface area (Å²) in [4.78, 5) is 23.0. The normalized spacial score (nSPS) is 16.2. The maximum atomic E-state index is 13.4. The van der Waals surface area contributed by atoms with Gasteiger partial charge in [-0.05, 0) is 49.6 Å². The molecule has 1 aliphatic rings. The quantitative estimate of drug-likeness (QED) is 0.307. The zero-order chi connectivity index (χ0) is 24.7. The molecule has 1 aliphatic heterocycles. The van der Waals surface area contributed by atoms with Crippen LogP contribution < -0.4 is 14.4 Å². The van der Waals surface area contributed by atoms with Crippen molar-refractivity contribution in [3.8, 4) is 5.75 Å². The lowest BCUT2D eigenvalue weighted by molar-refractivity contribution is -0.143. The summed E-state index contributed by atoms with van der Waals surface area (Å²) in [7, 11) is -2.33. The largest absolute Gasteiger partial charge is 0.466 e. The number of carbonyl (C=O) groups is 2. The smallest absolute Gasteiger partial charge is 0.308 e. The van der Waals surface area contributed by atoms with E-state index in [1.807, 2.05) is 18.2 Å². The second-order valence-corrected chi connectivity index (χ2v) is 10.1. The first kappa shape index (κ1) is 25.7. The summed E-state index contributed by atoms with van der Waals surface area (Å²) in [6, 6.07) is 11.8. The van der Waals surface area contributed by atoms with Gasteiger partial charge in [0, 0.05) is 26.5 Å². The minimum absolute atomic E-state index is 0.108. The molecule has 0 saturated heterocycles. The number of unbranched alkanes of at least 4 members (excludes halogenated alkanes) is 3. The van der Waals surface area contributed by atoms with Gasteiger partial charge < -0.3 is 14.8 Å². The molecule has 0 amide bonds. The van der Waals surface area contributed by atoms with E-state index in [9.17, 15) is 18.0 Å². The Labute approximate surface area is 201 Å². The zero-order valence-corrected chi connectivity index (χ0v) is 20.7.